The first-order chi connectivity index (χ1) is 14.3. The summed E-state index contributed by atoms with van der Waals surface area (Å²) in [7, 11) is 0. The van der Waals surface area contributed by atoms with Crippen LogP contribution in [0, 0.1) is 23.7 Å². The van der Waals surface area contributed by atoms with E-state index in [9.17, 15) is 19.8 Å². The number of ether oxygens (including phenoxy) is 2. The molecule has 0 amide bonds. The minimum Gasteiger partial charge on any atom is -0.462 e. The van der Waals surface area contributed by atoms with Gasteiger partial charge in [0.1, 0.15) is 12.2 Å². The van der Waals surface area contributed by atoms with Crippen LogP contribution in [0.5, 0.6) is 0 Å². The van der Waals surface area contributed by atoms with E-state index in [0.717, 1.165) is 24.8 Å². The van der Waals surface area contributed by atoms with Crippen molar-refractivity contribution in [2.75, 3.05) is 0 Å². The van der Waals surface area contributed by atoms with Crippen LogP contribution >= 0.6 is 0 Å². The number of carbonyl (C=O) groups excluding carboxylic acids is 2. The highest BCUT2D eigenvalue weighted by Gasteiger charge is 2.42. The molecule has 168 valence electrons. The highest BCUT2D eigenvalue weighted by Crippen LogP contribution is 2.44. The Morgan fingerprint density at radius 3 is 2.77 bits per heavy atom. The lowest BCUT2D eigenvalue weighted by molar-refractivity contribution is -0.162. The number of carbonyl (C=O) groups is 2. The first-order valence-corrected chi connectivity index (χ1v) is 11.4. The average molecular weight is 421 g/mol. The van der Waals surface area contributed by atoms with Gasteiger partial charge in [0.2, 0.25) is 0 Å². The van der Waals surface area contributed by atoms with Gasteiger partial charge in [0.25, 0.3) is 0 Å². The molecule has 0 spiro atoms. The smallest absolute Gasteiger partial charge is 0.308 e. The van der Waals surface area contributed by atoms with Gasteiger partial charge in [-0.2, -0.15) is 0 Å². The van der Waals surface area contributed by atoms with Gasteiger partial charge in [0.05, 0.1) is 24.5 Å². The van der Waals surface area contributed by atoms with Crippen molar-refractivity contribution in [2.45, 2.75) is 90.1 Å². The van der Waals surface area contributed by atoms with E-state index in [4.69, 9.17) is 9.47 Å². The monoisotopic (exact) mass is 420 g/mol. The van der Waals surface area contributed by atoms with Crippen LogP contribution in [-0.4, -0.2) is 46.6 Å². The second kappa shape index (κ2) is 10.1. The summed E-state index contributed by atoms with van der Waals surface area (Å²) < 4.78 is 11.4. The van der Waals surface area contributed by atoms with Crippen molar-refractivity contribution in [3.05, 3.63) is 23.8 Å². The molecule has 0 aromatic carbocycles. The standard InChI is InChI=1S/C24H36O6/c1-4-5-15(3)24(28)30-21-12-17(25)10-16-7-6-14(2)20(23(16)21)9-8-19-11-18(26)13-22(27)29-19/h6-7,10,14-15,17-21,23,25-26H,4-5,8-9,11-13H2,1-3H3/t14-,15?,17+,18+,19+,20-,21-,23-/m0/s1. The van der Waals surface area contributed by atoms with Gasteiger partial charge in [-0.25, -0.2) is 0 Å². The Hall–Kier alpha value is -1.66. The van der Waals surface area contributed by atoms with Crippen molar-refractivity contribution < 1.29 is 29.3 Å². The van der Waals surface area contributed by atoms with E-state index in [2.05, 4.69) is 19.1 Å². The molecule has 2 N–H and O–H groups in total. The van der Waals surface area contributed by atoms with E-state index in [1.807, 2.05) is 19.9 Å². The average Bonchev–Trinajstić information content (AvgIpc) is 2.66. The van der Waals surface area contributed by atoms with Gasteiger partial charge in [-0.1, -0.05) is 45.4 Å². The number of aliphatic hydroxyl groups excluding tert-OH is 2. The molecular weight excluding hydrogens is 384 g/mol. The number of aliphatic hydroxyl groups is 2. The summed E-state index contributed by atoms with van der Waals surface area (Å²) in [5.41, 5.74) is 1.03. The lowest BCUT2D eigenvalue weighted by atomic mass is 9.66. The molecular formula is C24H36O6. The Kier molecular flexibility index (Phi) is 7.75. The van der Waals surface area contributed by atoms with Crippen molar-refractivity contribution >= 4 is 11.9 Å². The van der Waals surface area contributed by atoms with E-state index >= 15 is 0 Å². The van der Waals surface area contributed by atoms with Crippen molar-refractivity contribution in [1.29, 1.82) is 0 Å². The number of hydrogen-bond donors (Lipinski definition) is 2. The van der Waals surface area contributed by atoms with E-state index in [1.165, 1.54) is 0 Å². The second-order valence-corrected chi connectivity index (χ2v) is 9.33. The van der Waals surface area contributed by atoms with Crippen LogP contribution in [0.3, 0.4) is 0 Å². The highest BCUT2D eigenvalue weighted by atomic mass is 16.6. The summed E-state index contributed by atoms with van der Waals surface area (Å²) in [6.45, 7) is 6.10. The molecule has 3 rings (SSSR count). The third kappa shape index (κ3) is 5.52. The topological polar surface area (TPSA) is 93.1 Å². The van der Waals surface area contributed by atoms with E-state index in [1.54, 1.807) is 0 Å². The summed E-state index contributed by atoms with van der Waals surface area (Å²) in [6, 6.07) is 0. The number of hydrogen-bond acceptors (Lipinski definition) is 6. The van der Waals surface area contributed by atoms with Crippen LogP contribution in [-0.2, 0) is 19.1 Å². The summed E-state index contributed by atoms with van der Waals surface area (Å²) in [5.74, 6) is -0.171. The summed E-state index contributed by atoms with van der Waals surface area (Å²) in [5, 5.41) is 20.2. The van der Waals surface area contributed by atoms with Crippen LogP contribution in [0.25, 0.3) is 0 Å². The molecule has 0 aromatic rings. The van der Waals surface area contributed by atoms with E-state index < -0.39 is 12.2 Å². The summed E-state index contributed by atoms with van der Waals surface area (Å²) in [4.78, 5) is 24.3. The molecule has 1 fully saturated rings. The molecule has 1 saturated heterocycles. The maximum atomic E-state index is 12.6. The van der Waals surface area contributed by atoms with Crippen LogP contribution in [0.4, 0.5) is 0 Å². The van der Waals surface area contributed by atoms with Crippen molar-refractivity contribution in [2.24, 2.45) is 23.7 Å². The summed E-state index contributed by atoms with van der Waals surface area (Å²) >= 11 is 0. The zero-order valence-corrected chi connectivity index (χ0v) is 18.3. The second-order valence-electron chi connectivity index (χ2n) is 9.33. The van der Waals surface area contributed by atoms with Gasteiger partial charge in [0.15, 0.2) is 0 Å². The highest BCUT2D eigenvalue weighted by molar-refractivity contribution is 5.72. The van der Waals surface area contributed by atoms with E-state index in [-0.39, 0.29) is 54.2 Å². The molecule has 1 heterocycles. The predicted molar refractivity (Wildman–Crippen MR) is 112 cm³/mol. The number of esters is 2. The Balaban J connectivity index is 1.73. The number of rotatable bonds is 7. The fraction of sp³-hybridized carbons (Fsp3) is 0.750. The Morgan fingerprint density at radius 1 is 1.30 bits per heavy atom. The van der Waals surface area contributed by atoms with Crippen LogP contribution < -0.4 is 0 Å². The minimum atomic E-state index is -0.631. The fourth-order valence-corrected chi connectivity index (χ4v) is 5.22. The zero-order valence-electron chi connectivity index (χ0n) is 18.3. The lowest BCUT2D eigenvalue weighted by Gasteiger charge is -2.43. The molecule has 30 heavy (non-hydrogen) atoms. The van der Waals surface area contributed by atoms with E-state index in [0.29, 0.717) is 19.3 Å². The molecule has 0 saturated carbocycles. The number of fused-ring (bicyclic) bond motifs is 1. The fourth-order valence-electron chi connectivity index (χ4n) is 5.22. The largest absolute Gasteiger partial charge is 0.462 e. The van der Waals surface area contributed by atoms with Crippen molar-refractivity contribution in [3.63, 3.8) is 0 Å². The third-order valence-corrected chi connectivity index (χ3v) is 6.82. The normalized spacial score (nSPS) is 37.0. The lowest BCUT2D eigenvalue weighted by Crippen LogP contribution is -2.43. The SMILES string of the molecule is CCCC(C)C(=O)O[C@H]1C[C@H](O)C=C2C=C[C@H](C)[C@H](CC[C@@H]3C[C@@H](O)CC(=O)O3)[C@H]21. The number of allylic oxidation sites excluding steroid dienone is 2. The van der Waals surface area contributed by atoms with Crippen molar-refractivity contribution in [1.82, 2.24) is 0 Å². The van der Waals surface area contributed by atoms with Crippen LogP contribution in [0.2, 0.25) is 0 Å². The van der Waals surface area contributed by atoms with Gasteiger partial charge in [-0.05, 0) is 36.7 Å². The zero-order chi connectivity index (χ0) is 21.8. The first kappa shape index (κ1) is 23.0. The maximum Gasteiger partial charge on any atom is 0.308 e. The predicted octanol–water partition coefficient (Wildman–Crippen LogP) is 3.31. The maximum absolute atomic E-state index is 12.6. The molecule has 3 aliphatic rings. The Labute approximate surface area is 179 Å². The molecule has 0 radical (unpaired) electrons. The molecule has 0 aromatic heterocycles. The minimum absolute atomic E-state index is 0.0235. The summed E-state index contributed by atoms with van der Waals surface area (Å²) in [6.07, 6.45) is 8.33. The van der Waals surface area contributed by atoms with Gasteiger partial charge < -0.3 is 19.7 Å². The molecule has 1 unspecified atom stereocenters. The molecule has 8 atom stereocenters. The molecule has 2 aliphatic carbocycles. The quantitative estimate of drug-likeness (QED) is 0.614. The van der Waals surface area contributed by atoms with Crippen molar-refractivity contribution in [3.8, 4) is 0 Å². The first-order valence-electron chi connectivity index (χ1n) is 11.4. The van der Waals surface area contributed by atoms with Gasteiger partial charge in [0, 0.05) is 18.8 Å². The van der Waals surface area contributed by atoms with Gasteiger partial charge in [-0.3, -0.25) is 9.59 Å². The molecule has 0 bridgehead atoms. The van der Waals surface area contributed by atoms with Gasteiger partial charge in [-0.15, -0.1) is 0 Å². The Bertz CT molecular complexity index is 683. The molecule has 6 heteroatoms. The molecule has 1 aliphatic heterocycles. The van der Waals surface area contributed by atoms with Crippen LogP contribution in [0.15, 0.2) is 23.8 Å². The number of cyclic esters (lactones) is 1. The molecule has 6 nitrogen and oxygen atoms in total. The Morgan fingerprint density at radius 2 is 2.07 bits per heavy atom. The van der Waals surface area contributed by atoms with Crippen LogP contribution in [0.1, 0.15) is 65.7 Å². The van der Waals surface area contributed by atoms with Gasteiger partial charge >= 0.3 is 11.9 Å². The third-order valence-electron chi connectivity index (χ3n) is 6.82.